The Morgan fingerprint density at radius 1 is 1.11 bits per heavy atom. The first-order chi connectivity index (χ1) is 22.2. The second-order valence-corrected chi connectivity index (χ2v) is 10.9. The van der Waals surface area contributed by atoms with E-state index in [0.717, 1.165) is 45.4 Å². The zero-order valence-electron chi connectivity index (χ0n) is 24.7. The molecule has 6 rings (SSSR count). The highest BCUT2D eigenvalue weighted by Crippen LogP contribution is 2.37. The van der Waals surface area contributed by atoms with Gasteiger partial charge in [-0.1, -0.05) is 35.5 Å². The molecule has 0 saturated carbocycles. The van der Waals surface area contributed by atoms with Gasteiger partial charge in [0.2, 0.25) is 5.78 Å². The lowest BCUT2D eigenvalue weighted by molar-refractivity contribution is -0.128. The number of nitrogens with zero attached hydrogens (tertiary/aromatic N) is 5. The first-order valence-corrected chi connectivity index (χ1v) is 14.4. The van der Waals surface area contributed by atoms with Crippen molar-refractivity contribution in [3.8, 4) is 11.4 Å². The maximum Gasteiger partial charge on any atom is 0.439 e. The third kappa shape index (κ3) is 5.87. The number of carbonyl (C=O) groups is 4. The van der Waals surface area contributed by atoms with Crippen molar-refractivity contribution >= 4 is 30.6 Å². The van der Waals surface area contributed by atoms with Crippen LogP contribution in [0.3, 0.4) is 0 Å². The predicted molar refractivity (Wildman–Crippen MR) is 163 cm³/mol. The van der Waals surface area contributed by atoms with Gasteiger partial charge in [0.25, 0.3) is 11.8 Å². The topological polar surface area (TPSA) is 193 Å². The van der Waals surface area contributed by atoms with Crippen LogP contribution in [0.1, 0.15) is 66.8 Å². The second kappa shape index (κ2) is 12.5. The Balaban J connectivity index is 1.08. The molecule has 3 heterocycles. The summed E-state index contributed by atoms with van der Waals surface area (Å²) in [6, 6.07) is 10.5. The van der Waals surface area contributed by atoms with E-state index in [-0.39, 0.29) is 36.0 Å². The van der Waals surface area contributed by atoms with Gasteiger partial charge in [-0.15, -0.1) is 0 Å². The number of rotatable bonds is 10. The number of hydrogen-bond donors (Lipinski definition) is 3. The maximum atomic E-state index is 13.2. The molecule has 14 heteroatoms. The molecule has 2 aromatic heterocycles. The van der Waals surface area contributed by atoms with Crippen molar-refractivity contribution in [2.24, 2.45) is 4.99 Å². The van der Waals surface area contributed by atoms with Crippen LogP contribution in [0.2, 0.25) is 0 Å². The highest BCUT2D eigenvalue weighted by atomic mass is 16.5. The van der Waals surface area contributed by atoms with E-state index < -0.39 is 23.4 Å². The number of hydrogen-bond acceptors (Lipinski definition) is 11. The number of amides is 2. The fraction of sp³-hybridized carbons (Fsp3) is 0.219. The quantitative estimate of drug-likeness (QED) is 0.102. The molecular weight excluding hydrogens is 592 g/mol. The van der Waals surface area contributed by atoms with Crippen molar-refractivity contribution in [2.45, 2.75) is 45.4 Å². The van der Waals surface area contributed by atoms with Crippen LogP contribution in [0.15, 0.2) is 68.9 Å². The van der Waals surface area contributed by atoms with Crippen LogP contribution in [0, 0.1) is 6.92 Å². The summed E-state index contributed by atoms with van der Waals surface area (Å²) in [5.74, 6) is -1.87. The van der Waals surface area contributed by atoms with Crippen molar-refractivity contribution in [3.05, 3.63) is 110 Å². The van der Waals surface area contributed by atoms with Crippen LogP contribution in [0.25, 0.3) is 11.4 Å². The van der Waals surface area contributed by atoms with Crippen molar-refractivity contribution in [1.29, 1.82) is 0 Å². The molecule has 46 heavy (non-hydrogen) atoms. The standard InChI is InChI=1S/C32H28N8O6/c1-17-21-7-8-24(23(21)6-5-22(17)29-38-32(45)46-39-29)37-31(44)26-10-25(35-16-36-26)30(43)34-11-18-3-4-19-13-40(14-20(19)9-18)27(12-33-2)28(42)15-41/h3-6,9-10,12,15-16,24H,2,7-8,11,13-14H2,1H3,(H,34,43)(H,37,44)(H,38,39,45)/b27-12-/t24-/m0/s1. The molecule has 0 radical (unpaired) electrons. The largest absolute Gasteiger partial charge is 0.439 e. The van der Waals surface area contributed by atoms with Gasteiger partial charge >= 0.3 is 5.76 Å². The lowest BCUT2D eigenvalue weighted by Gasteiger charge is -2.17. The maximum absolute atomic E-state index is 13.2. The van der Waals surface area contributed by atoms with Gasteiger partial charge in [0.1, 0.15) is 23.4 Å². The molecule has 0 unspecified atom stereocenters. The Kier molecular flexibility index (Phi) is 8.16. The Bertz CT molecular complexity index is 1990. The minimum absolute atomic E-state index is 0.0421. The van der Waals surface area contributed by atoms with E-state index in [1.807, 2.05) is 37.3 Å². The minimum Gasteiger partial charge on any atom is -0.358 e. The molecule has 0 bridgehead atoms. The Morgan fingerprint density at radius 2 is 1.89 bits per heavy atom. The van der Waals surface area contributed by atoms with E-state index in [4.69, 9.17) is 0 Å². The van der Waals surface area contributed by atoms with E-state index in [2.05, 4.69) is 47.0 Å². The lowest BCUT2D eigenvalue weighted by Crippen LogP contribution is -2.29. The van der Waals surface area contributed by atoms with Gasteiger partial charge < -0.3 is 15.5 Å². The van der Waals surface area contributed by atoms with Gasteiger partial charge in [0.15, 0.2) is 12.1 Å². The van der Waals surface area contributed by atoms with Crippen LogP contribution in [-0.4, -0.2) is 55.6 Å². The molecule has 4 aromatic rings. The molecule has 1 atom stereocenters. The molecule has 0 saturated heterocycles. The van der Waals surface area contributed by atoms with Crippen LogP contribution >= 0.6 is 0 Å². The molecule has 1 aliphatic carbocycles. The summed E-state index contributed by atoms with van der Waals surface area (Å²) in [5, 5.41) is 9.61. The zero-order valence-corrected chi connectivity index (χ0v) is 24.7. The van der Waals surface area contributed by atoms with Crippen molar-refractivity contribution in [3.63, 3.8) is 0 Å². The van der Waals surface area contributed by atoms with Gasteiger partial charge in [0.05, 0.1) is 12.2 Å². The predicted octanol–water partition coefficient (Wildman–Crippen LogP) is 2.10. The summed E-state index contributed by atoms with van der Waals surface area (Å²) in [5.41, 5.74) is 6.76. The average Bonchev–Trinajstić information content (AvgIpc) is 3.80. The van der Waals surface area contributed by atoms with Crippen LogP contribution in [0.4, 0.5) is 0 Å². The number of aldehydes is 1. The van der Waals surface area contributed by atoms with Gasteiger partial charge in [-0.05, 0) is 59.9 Å². The number of benzene rings is 2. The minimum atomic E-state index is -0.675. The van der Waals surface area contributed by atoms with Crippen LogP contribution in [-0.2, 0) is 35.6 Å². The summed E-state index contributed by atoms with van der Waals surface area (Å²) in [4.78, 5) is 76.7. The fourth-order valence-corrected chi connectivity index (χ4v) is 5.92. The monoisotopic (exact) mass is 620 g/mol. The second-order valence-electron chi connectivity index (χ2n) is 10.9. The Morgan fingerprint density at radius 3 is 2.63 bits per heavy atom. The Labute approximate surface area is 261 Å². The third-order valence-electron chi connectivity index (χ3n) is 8.19. The molecular formula is C32H28N8O6. The molecule has 0 fully saturated rings. The van der Waals surface area contributed by atoms with Gasteiger partial charge in [-0.3, -0.25) is 33.7 Å². The smallest absolute Gasteiger partial charge is 0.358 e. The number of carbonyl (C=O) groups excluding carboxylic acids is 4. The van der Waals surface area contributed by atoms with E-state index in [1.165, 1.54) is 18.6 Å². The number of aromatic nitrogens is 4. The van der Waals surface area contributed by atoms with Crippen molar-refractivity contribution in [2.75, 3.05) is 0 Å². The summed E-state index contributed by atoms with van der Waals surface area (Å²) >= 11 is 0. The number of allylic oxidation sites excluding steroid dienone is 1. The van der Waals surface area contributed by atoms with E-state index >= 15 is 0 Å². The number of aromatic amines is 1. The number of nitrogens with one attached hydrogen (secondary N) is 3. The first-order valence-electron chi connectivity index (χ1n) is 14.4. The fourth-order valence-electron chi connectivity index (χ4n) is 5.92. The van der Waals surface area contributed by atoms with Gasteiger partial charge in [0, 0.05) is 31.3 Å². The number of fused-ring (bicyclic) bond motifs is 2. The highest BCUT2D eigenvalue weighted by molar-refractivity contribution is 6.32. The van der Waals surface area contributed by atoms with Crippen LogP contribution in [0.5, 0.6) is 0 Å². The SMILES string of the molecule is C=N/C=C(/C(=O)C=O)N1Cc2ccc(CNC(=O)c3cc(C(=O)N[C@H]4CCc5c4ccc(-c4noc(=O)[nH]4)c5C)ncn3)cc2C1. The van der Waals surface area contributed by atoms with Gasteiger partial charge in [-0.25, -0.2) is 14.8 Å². The summed E-state index contributed by atoms with van der Waals surface area (Å²) in [6.45, 7) is 6.34. The molecule has 3 N–H and O–H groups in total. The first kappa shape index (κ1) is 30.0. The third-order valence-corrected chi connectivity index (χ3v) is 8.19. The summed E-state index contributed by atoms with van der Waals surface area (Å²) < 4.78 is 4.64. The molecule has 1 aliphatic heterocycles. The molecule has 0 spiro atoms. The normalized spacial score (nSPS) is 15.2. The molecule has 2 aliphatic rings. The number of Topliss-reactive ketones (excluding diaryl/α,β-unsaturated/α-hetero) is 1. The zero-order chi connectivity index (χ0) is 32.4. The van der Waals surface area contributed by atoms with E-state index in [9.17, 15) is 24.0 Å². The van der Waals surface area contributed by atoms with Crippen LogP contribution < -0.4 is 16.4 Å². The number of ketones is 1. The molecule has 2 aromatic carbocycles. The van der Waals surface area contributed by atoms with E-state index in [0.29, 0.717) is 25.3 Å². The highest BCUT2D eigenvalue weighted by Gasteiger charge is 2.28. The molecule has 14 nitrogen and oxygen atoms in total. The van der Waals surface area contributed by atoms with Crippen molar-refractivity contribution < 1.29 is 23.7 Å². The van der Waals surface area contributed by atoms with E-state index in [1.54, 1.807) is 4.90 Å². The number of aliphatic imine (C=N–C) groups is 1. The lowest BCUT2D eigenvalue weighted by atomic mass is 9.97. The molecule has 2 amide bonds. The summed E-state index contributed by atoms with van der Waals surface area (Å²) in [7, 11) is 0. The van der Waals surface area contributed by atoms with Gasteiger partial charge in [-0.2, -0.15) is 0 Å². The average molecular weight is 621 g/mol. The Hall–Kier alpha value is -6.05. The molecule has 232 valence electrons. The number of H-pyrrole nitrogens is 1. The summed E-state index contributed by atoms with van der Waals surface area (Å²) in [6.07, 6.45) is 4.10. The van der Waals surface area contributed by atoms with Crippen molar-refractivity contribution in [1.82, 2.24) is 35.6 Å².